The molecule has 1 atom stereocenters. The van der Waals surface area contributed by atoms with E-state index in [1.165, 1.54) is 0 Å². The van der Waals surface area contributed by atoms with Crippen molar-refractivity contribution >= 4 is 23.4 Å². The molecule has 0 heterocycles. The van der Waals surface area contributed by atoms with Crippen molar-refractivity contribution in [3.05, 3.63) is 70.7 Å². The lowest BCUT2D eigenvalue weighted by Gasteiger charge is -2.31. The first-order valence-corrected chi connectivity index (χ1v) is 9.39. The third kappa shape index (κ3) is 6.38. The molecule has 0 saturated carbocycles. The van der Waals surface area contributed by atoms with Gasteiger partial charge in [-0.25, -0.2) is 0 Å². The predicted molar refractivity (Wildman–Crippen MR) is 106 cm³/mol. The van der Waals surface area contributed by atoms with Crippen molar-refractivity contribution in [2.45, 2.75) is 32.4 Å². The Morgan fingerprint density at radius 3 is 2.33 bits per heavy atom. The van der Waals surface area contributed by atoms with Gasteiger partial charge in [0.15, 0.2) is 0 Å². The molecule has 2 aromatic rings. The summed E-state index contributed by atoms with van der Waals surface area (Å²) in [5, 5.41) is 12.4. The number of halogens is 1. The Hall–Kier alpha value is -2.37. The lowest BCUT2D eigenvalue weighted by Crippen LogP contribution is -2.50. The molecule has 2 rings (SSSR count). The van der Waals surface area contributed by atoms with E-state index in [4.69, 9.17) is 16.7 Å². The molecular formula is C21H25ClN2O3. The van der Waals surface area contributed by atoms with Crippen LogP contribution < -0.4 is 5.32 Å². The molecule has 0 fully saturated rings. The van der Waals surface area contributed by atoms with E-state index in [9.17, 15) is 9.59 Å². The number of aliphatic hydroxyl groups is 1. The summed E-state index contributed by atoms with van der Waals surface area (Å²) in [5.41, 5.74) is 1.86. The molecule has 0 unspecified atom stereocenters. The molecule has 27 heavy (non-hydrogen) atoms. The zero-order chi connectivity index (χ0) is 19.6. The number of hydrogen-bond acceptors (Lipinski definition) is 3. The zero-order valence-corrected chi connectivity index (χ0v) is 16.2. The number of carbonyl (C=O) groups excluding carboxylic acids is 2. The molecule has 2 amide bonds. The Morgan fingerprint density at radius 1 is 1.07 bits per heavy atom. The molecule has 5 nitrogen and oxygen atoms in total. The van der Waals surface area contributed by atoms with E-state index in [1.54, 1.807) is 24.0 Å². The van der Waals surface area contributed by atoms with Gasteiger partial charge < -0.3 is 15.3 Å². The number of rotatable bonds is 9. The van der Waals surface area contributed by atoms with Crippen molar-refractivity contribution in [3.63, 3.8) is 0 Å². The summed E-state index contributed by atoms with van der Waals surface area (Å²) in [5.74, 6) is -0.381. The van der Waals surface area contributed by atoms with Crippen molar-refractivity contribution in [1.82, 2.24) is 10.2 Å². The Morgan fingerprint density at radius 2 is 1.74 bits per heavy atom. The molecule has 6 heteroatoms. The standard InChI is InChI=1S/C21H25ClN2O3/c1-2-20(26)24(15-17-8-10-18(22)11-9-17)19(21(27)23-12-13-25)14-16-6-4-3-5-7-16/h3-11,19,25H,2,12-15H2,1H3,(H,23,27)/t19-/m1/s1. The molecule has 0 aliphatic rings. The van der Waals surface area contributed by atoms with Crippen LogP contribution in [0.3, 0.4) is 0 Å². The largest absolute Gasteiger partial charge is 0.395 e. The van der Waals surface area contributed by atoms with Crippen molar-refractivity contribution in [1.29, 1.82) is 0 Å². The lowest BCUT2D eigenvalue weighted by atomic mass is 10.0. The van der Waals surface area contributed by atoms with Crippen molar-refractivity contribution < 1.29 is 14.7 Å². The van der Waals surface area contributed by atoms with E-state index in [1.807, 2.05) is 42.5 Å². The minimum absolute atomic E-state index is 0.106. The van der Waals surface area contributed by atoms with Crippen LogP contribution in [-0.4, -0.2) is 41.0 Å². The third-order valence-electron chi connectivity index (χ3n) is 4.25. The molecule has 0 saturated heterocycles. The number of benzene rings is 2. The van der Waals surface area contributed by atoms with Gasteiger partial charge in [-0.05, 0) is 23.3 Å². The molecule has 2 N–H and O–H groups in total. The van der Waals surface area contributed by atoms with Crippen molar-refractivity contribution in [3.8, 4) is 0 Å². The van der Waals surface area contributed by atoms with Crippen LogP contribution in [-0.2, 0) is 22.6 Å². The first-order valence-electron chi connectivity index (χ1n) is 9.01. The van der Waals surface area contributed by atoms with Gasteiger partial charge in [-0.15, -0.1) is 0 Å². The summed E-state index contributed by atoms with van der Waals surface area (Å²) >= 11 is 5.95. The first-order chi connectivity index (χ1) is 13.0. The van der Waals surface area contributed by atoms with Crippen molar-refractivity contribution in [2.75, 3.05) is 13.2 Å². The summed E-state index contributed by atoms with van der Waals surface area (Å²) in [6, 6.07) is 16.2. The number of nitrogens with zero attached hydrogens (tertiary/aromatic N) is 1. The van der Waals surface area contributed by atoms with E-state index in [-0.39, 0.29) is 25.0 Å². The highest BCUT2D eigenvalue weighted by Crippen LogP contribution is 2.17. The van der Waals surface area contributed by atoms with Crippen LogP contribution in [0.1, 0.15) is 24.5 Å². The SMILES string of the molecule is CCC(=O)N(Cc1ccc(Cl)cc1)[C@H](Cc1ccccc1)C(=O)NCCO. The molecule has 0 radical (unpaired) electrons. The number of amides is 2. The van der Waals surface area contributed by atoms with Crippen LogP contribution in [0.25, 0.3) is 0 Å². The van der Waals surface area contributed by atoms with E-state index in [2.05, 4.69) is 5.32 Å². The highest BCUT2D eigenvalue weighted by atomic mass is 35.5. The quantitative estimate of drug-likeness (QED) is 0.694. The van der Waals surface area contributed by atoms with Gasteiger partial charge in [0.25, 0.3) is 0 Å². The fourth-order valence-corrected chi connectivity index (χ4v) is 2.97. The van der Waals surface area contributed by atoms with Gasteiger partial charge in [0.1, 0.15) is 6.04 Å². The highest BCUT2D eigenvalue weighted by molar-refractivity contribution is 6.30. The van der Waals surface area contributed by atoms with E-state index >= 15 is 0 Å². The lowest BCUT2D eigenvalue weighted by molar-refractivity contribution is -0.141. The van der Waals surface area contributed by atoms with E-state index in [0.29, 0.717) is 24.4 Å². The number of hydrogen-bond donors (Lipinski definition) is 2. The molecule has 0 spiro atoms. The molecule has 0 aliphatic heterocycles. The Labute approximate surface area is 165 Å². The minimum atomic E-state index is -0.665. The summed E-state index contributed by atoms with van der Waals surface area (Å²) in [6.07, 6.45) is 0.698. The Balaban J connectivity index is 2.30. The fourth-order valence-electron chi connectivity index (χ4n) is 2.84. The van der Waals surface area contributed by atoms with E-state index in [0.717, 1.165) is 11.1 Å². The maximum atomic E-state index is 12.8. The van der Waals surface area contributed by atoms with Crippen LogP contribution in [0.15, 0.2) is 54.6 Å². The molecule has 144 valence electrons. The van der Waals surface area contributed by atoms with Gasteiger partial charge in [0.05, 0.1) is 6.61 Å². The van der Waals surface area contributed by atoms with Gasteiger partial charge in [-0.2, -0.15) is 0 Å². The van der Waals surface area contributed by atoms with Gasteiger partial charge in [-0.3, -0.25) is 9.59 Å². The minimum Gasteiger partial charge on any atom is -0.395 e. The second-order valence-corrected chi connectivity index (χ2v) is 6.66. The second kappa shape index (κ2) is 10.7. The third-order valence-corrected chi connectivity index (χ3v) is 4.50. The predicted octanol–water partition coefficient (Wildman–Crippen LogP) is 2.80. The molecule has 0 aliphatic carbocycles. The fraction of sp³-hybridized carbons (Fsp3) is 0.333. The average molecular weight is 389 g/mol. The van der Waals surface area contributed by atoms with Crippen LogP contribution in [0.2, 0.25) is 5.02 Å². The normalized spacial score (nSPS) is 11.7. The number of aliphatic hydroxyl groups excluding tert-OH is 1. The average Bonchev–Trinajstić information content (AvgIpc) is 2.70. The van der Waals surface area contributed by atoms with Crippen molar-refractivity contribution in [2.24, 2.45) is 0 Å². The maximum absolute atomic E-state index is 12.8. The second-order valence-electron chi connectivity index (χ2n) is 6.22. The van der Waals surface area contributed by atoms with Gasteiger partial charge in [-0.1, -0.05) is 61.0 Å². The van der Waals surface area contributed by atoms with Crippen LogP contribution in [0, 0.1) is 0 Å². The zero-order valence-electron chi connectivity index (χ0n) is 15.4. The van der Waals surface area contributed by atoms with Crippen LogP contribution >= 0.6 is 11.6 Å². The highest BCUT2D eigenvalue weighted by Gasteiger charge is 2.29. The van der Waals surface area contributed by atoms with Crippen LogP contribution in [0.5, 0.6) is 0 Å². The summed E-state index contributed by atoms with van der Waals surface area (Å²) in [4.78, 5) is 27.0. The molecular weight excluding hydrogens is 364 g/mol. The summed E-state index contributed by atoms with van der Waals surface area (Å²) in [6.45, 7) is 2.10. The molecule has 0 bridgehead atoms. The number of carbonyl (C=O) groups is 2. The Bertz CT molecular complexity index is 735. The van der Waals surface area contributed by atoms with Crippen LogP contribution in [0.4, 0.5) is 0 Å². The monoisotopic (exact) mass is 388 g/mol. The topological polar surface area (TPSA) is 69.6 Å². The van der Waals surface area contributed by atoms with Gasteiger partial charge in [0.2, 0.25) is 11.8 Å². The Kier molecular flexibility index (Phi) is 8.30. The van der Waals surface area contributed by atoms with Gasteiger partial charge >= 0.3 is 0 Å². The van der Waals surface area contributed by atoms with Gasteiger partial charge in [0, 0.05) is 31.0 Å². The molecule has 2 aromatic carbocycles. The summed E-state index contributed by atoms with van der Waals surface area (Å²) < 4.78 is 0. The smallest absolute Gasteiger partial charge is 0.243 e. The molecule has 0 aromatic heterocycles. The summed E-state index contributed by atoms with van der Waals surface area (Å²) in [7, 11) is 0. The first kappa shape index (κ1) is 20.9. The maximum Gasteiger partial charge on any atom is 0.243 e. The number of nitrogens with one attached hydrogen (secondary N) is 1. The van der Waals surface area contributed by atoms with E-state index < -0.39 is 6.04 Å².